The highest BCUT2D eigenvalue weighted by Crippen LogP contribution is 2.46. The van der Waals surface area contributed by atoms with Gasteiger partial charge < -0.3 is 9.84 Å². The number of pyridine rings is 1. The first-order valence-corrected chi connectivity index (χ1v) is 11.3. The van der Waals surface area contributed by atoms with E-state index in [1.54, 1.807) is 0 Å². The van der Waals surface area contributed by atoms with Crippen molar-refractivity contribution in [1.82, 2.24) is 14.8 Å². The molecule has 1 atom stereocenters. The van der Waals surface area contributed by atoms with E-state index in [4.69, 9.17) is 4.74 Å². The molecular weight excluding hydrogens is 350 g/mol. The van der Waals surface area contributed by atoms with Gasteiger partial charge in [0.25, 0.3) is 0 Å². The summed E-state index contributed by atoms with van der Waals surface area (Å²) < 4.78 is 5.54. The summed E-state index contributed by atoms with van der Waals surface area (Å²) in [4.78, 5) is 9.85. The van der Waals surface area contributed by atoms with Crippen molar-refractivity contribution in [3.05, 3.63) is 29.6 Å². The number of aliphatic hydroxyl groups is 1. The minimum absolute atomic E-state index is 0.333. The van der Waals surface area contributed by atoms with Gasteiger partial charge in [-0.05, 0) is 75.2 Å². The Morgan fingerprint density at radius 3 is 2.54 bits per heavy atom. The van der Waals surface area contributed by atoms with E-state index in [0.29, 0.717) is 24.0 Å². The number of aliphatic hydroxyl groups excluding tert-OH is 1. The molecule has 3 fully saturated rings. The van der Waals surface area contributed by atoms with Gasteiger partial charge in [0, 0.05) is 51.1 Å². The lowest BCUT2D eigenvalue weighted by Crippen LogP contribution is -2.56. The van der Waals surface area contributed by atoms with Crippen LogP contribution in [0.4, 0.5) is 0 Å². The van der Waals surface area contributed by atoms with Gasteiger partial charge in [0.15, 0.2) is 0 Å². The molecule has 156 valence electrons. The molecule has 4 heterocycles. The maximum atomic E-state index is 10.2. The lowest BCUT2D eigenvalue weighted by molar-refractivity contribution is -0.0671. The second kappa shape index (κ2) is 9.21. The molecule has 4 rings (SSSR count). The summed E-state index contributed by atoms with van der Waals surface area (Å²) in [5.41, 5.74) is 2.83. The van der Waals surface area contributed by atoms with Crippen molar-refractivity contribution in [2.45, 2.75) is 58.0 Å². The zero-order valence-electron chi connectivity index (χ0n) is 17.5. The zero-order chi connectivity index (χ0) is 19.4. The van der Waals surface area contributed by atoms with Crippen LogP contribution in [-0.4, -0.2) is 71.9 Å². The average molecular weight is 388 g/mol. The minimum atomic E-state index is 0.333. The summed E-state index contributed by atoms with van der Waals surface area (Å²) in [6.45, 7) is 9.79. The molecule has 28 heavy (non-hydrogen) atoms. The summed E-state index contributed by atoms with van der Waals surface area (Å²) in [7, 11) is 0. The predicted octanol–water partition coefficient (Wildman–Crippen LogP) is 2.72. The fourth-order valence-electron chi connectivity index (χ4n) is 5.57. The SMILES string of the molecule is CCc1ccc(CN2CCC3(CC2)CCN(C2CCOCC2)C[C@@H]3CO)nc1. The number of aromatic nitrogens is 1. The minimum Gasteiger partial charge on any atom is -0.396 e. The molecular formula is C23H37N3O2. The Labute approximate surface area is 170 Å². The number of hydrogen-bond acceptors (Lipinski definition) is 5. The van der Waals surface area contributed by atoms with Crippen LogP contribution in [0.2, 0.25) is 0 Å². The van der Waals surface area contributed by atoms with Crippen LogP contribution in [0.1, 0.15) is 50.3 Å². The normalized spacial score (nSPS) is 27.3. The van der Waals surface area contributed by atoms with Gasteiger partial charge in [-0.25, -0.2) is 0 Å². The van der Waals surface area contributed by atoms with Crippen LogP contribution in [-0.2, 0) is 17.7 Å². The Balaban J connectivity index is 1.32. The van der Waals surface area contributed by atoms with E-state index in [1.807, 2.05) is 6.20 Å². The summed E-state index contributed by atoms with van der Waals surface area (Å²) in [6, 6.07) is 5.06. The molecule has 1 aromatic rings. The summed E-state index contributed by atoms with van der Waals surface area (Å²) in [5, 5.41) is 10.2. The highest BCUT2D eigenvalue weighted by atomic mass is 16.5. The number of rotatable bonds is 5. The van der Waals surface area contributed by atoms with E-state index in [2.05, 4.69) is 33.8 Å². The molecule has 5 heteroatoms. The molecule has 0 radical (unpaired) electrons. The molecule has 0 unspecified atom stereocenters. The Bertz CT molecular complexity index is 607. The molecule has 1 spiro atoms. The van der Waals surface area contributed by atoms with Crippen LogP contribution in [0.25, 0.3) is 0 Å². The predicted molar refractivity (Wildman–Crippen MR) is 111 cm³/mol. The molecule has 1 aromatic heterocycles. The lowest BCUT2D eigenvalue weighted by atomic mass is 9.64. The molecule has 3 aliphatic rings. The van der Waals surface area contributed by atoms with Crippen LogP contribution in [0.5, 0.6) is 0 Å². The van der Waals surface area contributed by atoms with E-state index in [9.17, 15) is 5.11 Å². The molecule has 0 aromatic carbocycles. The molecule has 3 saturated heterocycles. The monoisotopic (exact) mass is 387 g/mol. The Hall–Kier alpha value is -1.01. The van der Waals surface area contributed by atoms with Crippen molar-refractivity contribution < 1.29 is 9.84 Å². The fourth-order valence-corrected chi connectivity index (χ4v) is 5.57. The third-order valence-electron chi connectivity index (χ3n) is 7.68. The molecule has 0 bridgehead atoms. The highest BCUT2D eigenvalue weighted by Gasteiger charge is 2.45. The summed E-state index contributed by atoms with van der Waals surface area (Å²) in [5.74, 6) is 0.424. The van der Waals surface area contributed by atoms with Gasteiger partial charge in [-0.2, -0.15) is 0 Å². The van der Waals surface area contributed by atoms with Crippen LogP contribution in [0.15, 0.2) is 18.3 Å². The Kier molecular flexibility index (Phi) is 6.66. The largest absolute Gasteiger partial charge is 0.396 e. The van der Waals surface area contributed by atoms with E-state index in [0.717, 1.165) is 58.7 Å². The van der Waals surface area contributed by atoms with Crippen LogP contribution in [0.3, 0.4) is 0 Å². The highest BCUT2D eigenvalue weighted by molar-refractivity contribution is 5.14. The van der Waals surface area contributed by atoms with E-state index >= 15 is 0 Å². The molecule has 0 amide bonds. The summed E-state index contributed by atoms with van der Waals surface area (Å²) in [6.07, 6.45) is 9.06. The van der Waals surface area contributed by atoms with E-state index in [1.165, 1.54) is 37.1 Å². The quantitative estimate of drug-likeness (QED) is 0.842. The number of aryl methyl sites for hydroxylation is 1. The number of piperidine rings is 2. The topological polar surface area (TPSA) is 48.8 Å². The van der Waals surface area contributed by atoms with Gasteiger partial charge in [-0.3, -0.25) is 14.8 Å². The van der Waals surface area contributed by atoms with Crippen molar-refractivity contribution in [3.63, 3.8) is 0 Å². The van der Waals surface area contributed by atoms with Gasteiger partial charge in [-0.15, -0.1) is 0 Å². The van der Waals surface area contributed by atoms with Gasteiger partial charge in [0.1, 0.15) is 0 Å². The number of ether oxygens (including phenoxy) is 1. The number of likely N-dealkylation sites (tertiary alicyclic amines) is 2. The van der Waals surface area contributed by atoms with Crippen molar-refractivity contribution in [2.24, 2.45) is 11.3 Å². The van der Waals surface area contributed by atoms with Gasteiger partial charge in [0.05, 0.1) is 5.69 Å². The van der Waals surface area contributed by atoms with Crippen molar-refractivity contribution in [3.8, 4) is 0 Å². The first-order valence-electron chi connectivity index (χ1n) is 11.3. The zero-order valence-corrected chi connectivity index (χ0v) is 17.5. The van der Waals surface area contributed by atoms with Gasteiger partial charge in [0.2, 0.25) is 0 Å². The first-order chi connectivity index (χ1) is 13.7. The molecule has 5 nitrogen and oxygen atoms in total. The molecule has 3 aliphatic heterocycles. The fraction of sp³-hybridized carbons (Fsp3) is 0.783. The average Bonchev–Trinajstić information content (AvgIpc) is 2.77. The van der Waals surface area contributed by atoms with Crippen molar-refractivity contribution in [1.29, 1.82) is 0 Å². The molecule has 0 aliphatic carbocycles. The maximum absolute atomic E-state index is 10.2. The third kappa shape index (κ3) is 4.43. The second-order valence-corrected chi connectivity index (χ2v) is 9.12. The second-order valence-electron chi connectivity index (χ2n) is 9.12. The summed E-state index contributed by atoms with van der Waals surface area (Å²) >= 11 is 0. The maximum Gasteiger partial charge on any atom is 0.0544 e. The third-order valence-corrected chi connectivity index (χ3v) is 7.68. The molecule has 1 N–H and O–H groups in total. The standard InChI is InChI=1S/C23H37N3O2/c1-2-19-3-4-21(24-15-19)17-25-10-7-23(8-11-25)9-12-26(16-20(23)18-27)22-5-13-28-14-6-22/h3-4,15,20,22,27H,2,5-14,16-18H2,1H3/t20-/m1/s1. The van der Waals surface area contributed by atoms with Gasteiger partial charge >= 0.3 is 0 Å². The van der Waals surface area contributed by atoms with E-state index in [-0.39, 0.29) is 0 Å². The van der Waals surface area contributed by atoms with Crippen molar-refractivity contribution in [2.75, 3.05) is 46.0 Å². The Morgan fingerprint density at radius 2 is 1.89 bits per heavy atom. The van der Waals surface area contributed by atoms with Crippen LogP contribution >= 0.6 is 0 Å². The lowest BCUT2D eigenvalue weighted by Gasteiger charge is -2.53. The van der Waals surface area contributed by atoms with E-state index < -0.39 is 0 Å². The molecule has 0 saturated carbocycles. The van der Waals surface area contributed by atoms with Crippen LogP contribution in [0, 0.1) is 11.3 Å². The first kappa shape index (κ1) is 20.3. The number of nitrogens with zero attached hydrogens (tertiary/aromatic N) is 3. The number of hydrogen-bond donors (Lipinski definition) is 1. The smallest absolute Gasteiger partial charge is 0.0544 e. The van der Waals surface area contributed by atoms with Gasteiger partial charge in [-0.1, -0.05) is 13.0 Å². The van der Waals surface area contributed by atoms with Crippen molar-refractivity contribution >= 4 is 0 Å². The Morgan fingerprint density at radius 1 is 1.14 bits per heavy atom. The van der Waals surface area contributed by atoms with Crippen LogP contribution < -0.4 is 0 Å².